The van der Waals surface area contributed by atoms with E-state index < -0.39 is 0 Å². The van der Waals surface area contributed by atoms with Gasteiger partial charge < -0.3 is 10.2 Å². The number of rotatable bonds is 5. The minimum absolute atomic E-state index is 0.0749. The first-order valence-electron chi connectivity index (χ1n) is 8.58. The van der Waals surface area contributed by atoms with E-state index in [1.165, 1.54) is 25.9 Å². The summed E-state index contributed by atoms with van der Waals surface area (Å²) in [5.41, 5.74) is 0.523. The summed E-state index contributed by atoms with van der Waals surface area (Å²) in [5.74, 6) is 0.789. The zero-order valence-corrected chi connectivity index (χ0v) is 13.8. The molecule has 1 saturated heterocycles. The number of aromatic nitrogens is 1. The van der Waals surface area contributed by atoms with Crippen molar-refractivity contribution in [3.8, 4) is 0 Å². The molecule has 1 aromatic heterocycles. The van der Waals surface area contributed by atoms with Crippen molar-refractivity contribution in [1.82, 2.24) is 15.2 Å². The maximum atomic E-state index is 12.4. The zero-order valence-electron chi connectivity index (χ0n) is 13.8. The van der Waals surface area contributed by atoms with Crippen LogP contribution < -0.4 is 5.32 Å². The molecular formula is C19H25N3O. The highest BCUT2D eigenvalue weighted by molar-refractivity contribution is 6.05. The SMILES string of the molecule is CC1CCN(CCCNC(=O)c2nccc3ccccc23)CC1. The predicted octanol–water partition coefficient (Wildman–Crippen LogP) is 3.09. The summed E-state index contributed by atoms with van der Waals surface area (Å²) in [6.07, 6.45) is 5.29. The van der Waals surface area contributed by atoms with Gasteiger partial charge in [-0.3, -0.25) is 9.78 Å². The van der Waals surface area contributed by atoms with E-state index in [0.717, 1.165) is 29.7 Å². The van der Waals surface area contributed by atoms with Crippen LogP contribution in [0.15, 0.2) is 36.5 Å². The van der Waals surface area contributed by atoms with Crippen molar-refractivity contribution in [1.29, 1.82) is 0 Å². The number of carbonyl (C=O) groups is 1. The number of likely N-dealkylation sites (tertiary alicyclic amines) is 1. The van der Waals surface area contributed by atoms with Gasteiger partial charge in [-0.25, -0.2) is 0 Å². The Labute approximate surface area is 137 Å². The van der Waals surface area contributed by atoms with E-state index in [0.29, 0.717) is 12.2 Å². The molecule has 0 aliphatic carbocycles. The normalized spacial score (nSPS) is 16.6. The maximum absolute atomic E-state index is 12.4. The second-order valence-corrected chi connectivity index (χ2v) is 6.51. The number of piperidine rings is 1. The van der Waals surface area contributed by atoms with Gasteiger partial charge in [-0.2, -0.15) is 0 Å². The van der Waals surface area contributed by atoms with E-state index in [4.69, 9.17) is 0 Å². The Hall–Kier alpha value is -1.94. The van der Waals surface area contributed by atoms with Crippen molar-refractivity contribution in [3.63, 3.8) is 0 Å². The lowest BCUT2D eigenvalue weighted by Crippen LogP contribution is -2.35. The second kappa shape index (κ2) is 7.55. The van der Waals surface area contributed by atoms with Gasteiger partial charge in [0.05, 0.1) is 0 Å². The first-order chi connectivity index (χ1) is 11.2. The summed E-state index contributed by atoms with van der Waals surface area (Å²) in [6, 6.07) is 9.81. The Morgan fingerprint density at radius 2 is 2.04 bits per heavy atom. The molecule has 0 unspecified atom stereocenters. The van der Waals surface area contributed by atoms with E-state index >= 15 is 0 Å². The van der Waals surface area contributed by atoms with E-state index in [1.807, 2.05) is 30.3 Å². The first-order valence-corrected chi connectivity index (χ1v) is 8.58. The Balaban J connectivity index is 1.49. The maximum Gasteiger partial charge on any atom is 0.270 e. The highest BCUT2D eigenvalue weighted by Gasteiger charge is 2.15. The molecule has 1 N–H and O–H groups in total. The van der Waals surface area contributed by atoms with Crippen molar-refractivity contribution >= 4 is 16.7 Å². The smallest absolute Gasteiger partial charge is 0.270 e. The number of benzene rings is 1. The van der Waals surface area contributed by atoms with Crippen LogP contribution in [0.4, 0.5) is 0 Å². The number of nitrogens with one attached hydrogen (secondary N) is 1. The molecule has 0 atom stereocenters. The van der Waals surface area contributed by atoms with Crippen LogP contribution in [0.25, 0.3) is 10.8 Å². The Kier molecular flexibility index (Phi) is 5.23. The summed E-state index contributed by atoms with van der Waals surface area (Å²) in [7, 11) is 0. The minimum atomic E-state index is -0.0749. The number of amides is 1. The Morgan fingerprint density at radius 3 is 2.87 bits per heavy atom. The molecule has 1 aliphatic rings. The molecule has 1 amide bonds. The number of pyridine rings is 1. The highest BCUT2D eigenvalue weighted by Crippen LogP contribution is 2.17. The molecule has 23 heavy (non-hydrogen) atoms. The van der Waals surface area contributed by atoms with E-state index in [9.17, 15) is 4.79 Å². The van der Waals surface area contributed by atoms with Crippen LogP contribution in [0.1, 0.15) is 36.7 Å². The summed E-state index contributed by atoms with van der Waals surface area (Å²) >= 11 is 0. The lowest BCUT2D eigenvalue weighted by molar-refractivity contribution is 0.0947. The third-order valence-electron chi connectivity index (χ3n) is 4.70. The average Bonchev–Trinajstić information content (AvgIpc) is 2.59. The fourth-order valence-electron chi connectivity index (χ4n) is 3.17. The van der Waals surface area contributed by atoms with E-state index in [1.54, 1.807) is 6.20 Å². The molecule has 4 nitrogen and oxygen atoms in total. The van der Waals surface area contributed by atoms with Gasteiger partial charge in [0, 0.05) is 18.1 Å². The van der Waals surface area contributed by atoms with E-state index in [-0.39, 0.29) is 5.91 Å². The number of fused-ring (bicyclic) bond motifs is 1. The molecule has 0 saturated carbocycles. The molecule has 122 valence electrons. The van der Waals surface area contributed by atoms with Crippen molar-refractivity contribution in [2.24, 2.45) is 5.92 Å². The number of hydrogen-bond donors (Lipinski definition) is 1. The van der Waals surface area contributed by atoms with Crippen LogP contribution in [-0.4, -0.2) is 42.0 Å². The van der Waals surface area contributed by atoms with Gasteiger partial charge in [-0.15, -0.1) is 0 Å². The molecular weight excluding hydrogens is 286 g/mol. The Bertz CT molecular complexity index is 657. The minimum Gasteiger partial charge on any atom is -0.351 e. The summed E-state index contributed by atoms with van der Waals surface area (Å²) in [6.45, 7) is 6.49. The summed E-state index contributed by atoms with van der Waals surface area (Å²) < 4.78 is 0. The zero-order chi connectivity index (χ0) is 16.1. The van der Waals surface area contributed by atoms with Crippen LogP contribution >= 0.6 is 0 Å². The fraction of sp³-hybridized carbons (Fsp3) is 0.474. The van der Waals surface area contributed by atoms with Gasteiger partial charge in [-0.05, 0) is 56.3 Å². The summed E-state index contributed by atoms with van der Waals surface area (Å²) in [5, 5.41) is 4.98. The van der Waals surface area contributed by atoms with Crippen molar-refractivity contribution < 1.29 is 4.79 Å². The first kappa shape index (κ1) is 15.9. The van der Waals surface area contributed by atoms with Gasteiger partial charge in [0.15, 0.2) is 0 Å². The molecule has 1 aliphatic heterocycles. The van der Waals surface area contributed by atoms with Gasteiger partial charge in [-0.1, -0.05) is 31.2 Å². The van der Waals surface area contributed by atoms with Crippen molar-refractivity contribution in [3.05, 3.63) is 42.2 Å². The highest BCUT2D eigenvalue weighted by atomic mass is 16.1. The molecule has 1 aromatic carbocycles. The van der Waals surface area contributed by atoms with Crippen LogP contribution in [0.2, 0.25) is 0 Å². The molecule has 4 heteroatoms. The third kappa shape index (κ3) is 4.08. The van der Waals surface area contributed by atoms with Gasteiger partial charge in [0.1, 0.15) is 5.69 Å². The molecule has 1 fully saturated rings. The van der Waals surface area contributed by atoms with Gasteiger partial charge >= 0.3 is 0 Å². The molecule has 0 spiro atoms. The average molecular weight is 311 g/mol. The van der Waals surface area contributed by atoms with Crippen LogP contribution in [0.3, 0.4) is 0 Å². The molecule has 3 rings (SSSR count). The van der Waals surface area contributed by atoms with Crippen molar-refractivity contribution in [2.45, 2.75) is 26.2 Å². The van der Waals surface area contributed by atoms with Crippen LogP contribution in [-0.2, 0) is 0 Å². The molecule has 0 bridgehead atoms. The largest absolute Gasteiger partial charge is 0.351 e. The van der Waals surface area contributed by atoms with Crippen molar-refractivity contribution in [2.75, 3.05) is 26.2 Å². The fourth-order valence-corrected chi connectivity index (χ4v) is 3.17. The topological polar surface area (TPSA) is 45.2 Å². The van der Waals surface area contributed by atoms with Gasteiger partial charge in [0.25, 0.3) is 5.91 Å². The standard InChI is InChI=1S/C19H25N3O/c1-15-8-13-22(14-9-15)12-4-10-21-19(23)18-17-6-3-2-5-16(17)7-11-20-18/h2-3,5-7,11,15H,4,8-10,12-14H2,1H3,(H,21,23). The number of hydrogen-bond acceptors (Lipinski definition) is 3. The lowest BCUT2D eigenvalue weighted by Gasteiger charge is -2.30. The Morgan fingerprint density at radius 1 is 1.26 bits per heavy atom. The molecule has 2 heterocycles. The van der Waals surface area contributed by atoms with E-state index in [2.05, 4.69) is 22.1 Å². The van der Waals surface area contributed by atoms with Gasteiger partial charge in [0.2, 0.25) is 0 Å². The third-order valence-corrected chi connectivity index (χ3v) is 4.70. The number of carbonyl (C=O) groups excluding carboxylic acids is 1. The molecule has 2 aromatic rings. The quantitative estimate of drug-likeness (QED) is 0.863. The van der Waals surface area contributed by atoms with Crippen LogP contribution in [0, 0.1) is 5.92 Å². The monoisotopic (exact) mass is 311 g/mol. The summed E-state index contributed by atoms with van der Waals surface area (Å²) in [4.78, 5) is 19.1. The number of nitrogens with zero attached hydrogens (tertiary/aromatic N) is 2. The van der Waals surface area contributed by atoms with Crippen LogP contribution in [0.5, 0.6) is 0 Å². The molecule has 0 radical (unpaired) electrons. The lowest BCUT2D eigenvalue weighted by atomic mass is 9.99. The second-order valence-electron chi connectivity index (χ2n) is 6.51. The predicted molar refractivity (Wildman–Crippen MR) is 93.5 cm³/mol.